The summed E-state index contributed by atoms with van der Waals surface area (Å²) in [5.74, 6) is -1.05. The van der Waals surface area contributed by atoms with E-state index in [-0.39, 0.29) is 89.7 Å². The number of benzene rings is 6. The van der Waals surface area contributed by atoms with Crippen LogP contribution in [0.5, 0.6) is 34.5 Å². The van der Waals surface area contributed by atoms with Gasteiger partial charge >= 0.3 is 5.97 Å². The number of carbonyl (C=O) groups is 2. The Bertz CT molecular complexity index is 2760. The van der Waals surface area contributed by atoms with Gasteiger partial charge in [-0.1, -0.05) is 71.0 Å². The van der Waals surface area contributed by atoms with Crippen LogP contribution in [-0.4, -0.2) is 51.7 Å². The first-order valence-corrected chi connectivity index (χ1v) is 25.0. The number of hydrogen-bond donors (Lipinski definition) is 5. The molecule has 68 heavy (non-hydrogen) atoms. The summed E-state index contributed by atoms with van der Waals surface area (Å²) < 4.78 is 15.3. The number of phenols is 2. The number of amides is 1. The lowest BCUT2D eigenvalue weighted by molar-refractivity contribution is -0.129. The summed E-state index contributed by atoms with van der Waals surface area (Å²) in [4.78, 5) is 37.0. The molecule has 0 aliphatic rings. The number of aliphatic carboxylic acids is 1. The van der Waals surface area contributed by atoms with Gasteiger partial charge in [-0.2, -0.15) is 0 Å². The molecule has 0 bridgehead atoms. The Morgan fingerprint density at radius 1 is 0.544 bits per heavy atom. The maximum Gasteiger partial charge on any atom is 0.354 e. The summed E-state index contributed by atoms with van der Waals surface area (Å²) in [5.41, 5.74) is 10.2. The average molecular weight is 1330 g/mol. The largest absolute Gasteiger partial charge is 0.503 e. The van der Waals surface area contributed by atoms with Crippen LogP contribution < -0.4 is 20.5 Å². The zero-order valence-corrected chi connectivity index (χ0v) is 45.8. The molecule has 0 aliphatic carbocycles. The molecule has 0 fully saturated rings. The maximum atomic E-state index is 13.8. The number of ether oxygens (including phenoxy) is 2. The first-order valence-electron chi connectivity index (χ1n) is 20.2. The molecule has 20 heteroatoms. The van der Waals surface area contributed by atoms with Gasteiger partial charge in [-0.25, -0.2) is 4.79 Å². The summed E-state index contributed by atoms with van der Waals surface area (Å²) in [6.45, 7) is 0.908. The summed E-state index contributed by atoms with van der Waals surface area (Å²) in [6, 6.07) is 32.5. The van der Waals surface area contributed by atoms with Crippen molar-refractivity contribution in [2.75, 3.05) is 13.1 Å². The van der Waals surface area contributed by atoms with Crippen LogP contribution in [0.2, 0.25) is 0 Å². The third-order valence-electron chi connectivity index (χ3n) is 9.60. The number of oxime groups is 2. The Morgan fingerprint density at radius 2 is 0.941 bits per heavy atom. The molecule has 0 saturated heterocycles. The number of nitrogens with one attached hydrogen (secondary N) is 1. The van der Waals surface area contributed by atoms with E-state index in [0.717, 1.165) is 22.3 Å². The standard InChI is InChI=1S/C48H40Br6N4O9.ClH/c49-33-15-30(23-41(43(33)59)66-45-35(51)16-29(11-13-55)17-36(45)52)12-14-56-47(61)39(57-64-25-27-7-3-1-4-8-27)21-31-19-37(53)46(38(54)20-31)67-42-24-32(18-34(50)44(42)60)22-40(48(62)63)58-65-26-28-9-5-2-6-10-28;/h1-10,15-20,23-24,59-60H,11-14,21-22,25-26,55H2,(H,56,61)(H,62,63);1H/b57-39+,58-40+;. The molecule has 0 spiro atoms. The number of nitrogens with two attached hydrogens (primary N) is 1. The van der Waals surface area contributed by atoms with Gasteiger partial charge in [-0.15, -0.1) is 12.4 Å². The van der Waals surface area contributed by atoms with Gasteiger partial charge in [-0.05, 0) is 197 Å². The van der Waals surface area contributed by atoms with Crippen LogP contribution in [0.1, 0.15) is 33.4 Å². The monoisotopic (exact) mass is 1330 g/mol. The maximum absolute atomic E-state index is 13.8. The van der Waals surface area contributed by atoms with Crippen molar-refractivity contribution in [3.8, 4) is 34.5 Å². The lowest BCUT2D eigenvalue weighted by atomic mass is 10.1. The van der Waals surface area contributed by atoms with Crippen LogP contribution >= 0.6 is 108 Å². The van der Waals surface area contributed by atoms with E-state index in [1.165, 1.54) is 6.07 Å². The molecule has 0 aliphatic heterocycles. The molecule has 1 amide bonds. The molecule has 0 radical (unpaired) electrons. The van der Waals surface area contributed by atoms with Crippen LogP contribution in [-0.2, 0) is 58.2 Å². The number of carboxylic acids is 1. The third kappa shape index (κ3) is 15.5. The zero-order chi connectivity index (χ0) is 48.0. The first-order chi connectivity index (χ1) is 32.2. The van der Waals surface area contributed by atoms with Crippen molar-refractivity contribution in [3.63, 3.8) is 0 Å². The predicted molar refractivity (Wildman–Crippen MR) is 285 cm³/mol. The molecule has 6 N–H and O–H groups in total. The molecule has 6 aromatic rings. The highest BCUT2D eigenvalue weighted by molar-refractivity contribution is 9.11. The summed E-state index contributed by atoms with van der Waals surface area (Å²) in [6.07, 6.45) is 0.963. The molecule has 0 saturated carbocycles. The van der Waals surface area contributed by atoms with Gasteiger partial charge in [0.2, 0.25) is 0 Å². The number of halogens is 7. The van der Waals surface area contributed by atoms with Crippen LogP contribution in [0.25, 0.3) is 0 Å². The van der Waals surface area contributed by atoms with E-state index in [1.807, 2.05) is 72.8 Å². The molecule has 0 unspecified atom stereocenters. The average Bonchev–Trinajstić information content (AvgIpc) is 3.29. The van der Waals surface area contributed by atoms with Gasteiger partial charge in [0.05, 0.1) is 26.8 Å². The molecule has 0 aromatic heterocycles. The van der Waals surface area contributed by atoms with Crippen LogP contribution in [0.4, 0.5) is 0 Å². The highest BCUT2D eigenvalue weighted by Gasteiger charge is 2.21. The van der Waals surface area contributed by atoms with Crippen molar-refractivity contribution in [1.29, 1.82) is 0 Å². The Balaban J connectivity index is 0.00000864. The van der Waals surface area contributed by atoms with Gasteiger partial charge < -0.3 is 45.5 Å². The molecule has 356 valence electrons. The fraction of sp³-hybridized carbons (Fsp3) is 0.167. The fourth-order valence-corrected chi connectivity index (χ4v) is 10.2. The van der Waals surface area contributed by atoms with Crippen molar-refractivity contribution in [3.05, 3.63) is 169 Å². The zero-order valence-electron chi connectivity index (χ0n) is 35.5. The predicted octanol–water partition coefficient (Wildman–Crippen LogP) is 12.9. The summed E-state index contributed by atoms with van der Waals surface area (Å²) in [7, 11) is 0. The Hall–Kier alpha value is -4.47. The Kier molecular flexibility index (Phi) is 21.2. The second-order valence-electron chi connectivity index (χ2n) is 14.6. The number of aromatic hydroxyl groups is 2. The number of rotatable bonds is 21. The van der Waals surface area contributed by atoms with E-state index in [0.29, 0.717) is 58.6 Å². The normalized spacial score (nSPS) is 11.4. The number of hydrogen-bond acceptors (Lipinski definition) is 11. The smallest absolute Gasteiger partial charge is 0.354 e. The van der Waals surface area contributed by atoms with E-state index in [1.54, 1.807) is 30.3 Å². The third-order valence-corrected chi connectivity index (χ3v) is 13.2. The van der Waals surface area contributed by atoms with Crippen molar-refractivity contribution in [2.45, 2.75) is 38.9 Å². The molecule has 6 rings (SSSR count). The van der Waals surface area contributed by atoms with Crippen molar-refractivity contribution < 1.29 is 44.1 Å². The van der Waals surface area contributed by atoms with E-state index < -0.39 is 11.9 Å². The van der Waals surface area contributed by atoms with Gasteiger partial charge in [0.1, 0.15) is 18.9 Å². The Morgan fingerprint density at radius 3 is 1.43 bits per heavy atom. The topological polar surface area (TPSA) is 195 Å². The fourth-order valence-electron chi connectivity index (χ4n) is 6.34. The van der Waals surface area contributed by atoms with Crippen molar-refractivity contribution in [1.82, 2.24) is 5.32 Å². The molecular weight excluding hydrogens is 1290 g/mol. The number of carbonyl (C=O) groups excluding carboxylic acids is 1. The minimum Gasteiger partial charge on any atom is -0.503 e. The van der Waals surface area contributed by atoms with Crippen LogP contribution in [0.3, 0.4) is 0 Å². The van der Waals surface area contributed by atoms with Gasteiger partial charge in [0, 0.05) is 19.4 Å². The van der Waals surface area contributed by atoms with E-state index >= 15 is 0 Å². The van der Waals surface area contributed by atoms with Crippen molar-refractivity contribution in [2.24, 2.45) is 16.0 Å². The first kappa shape index (κ1) is 54.5. The minimum atomic E-state index is -1.27. The number of nitrogens with zero attached hydrogens (tertiary/aromatic N) is 2. The molecule has 13 nitrogen and oxygen atoms in total. The Labute approximate surface area is 448 Å². The molecule has 6 aromatic carbocycles. The van der Waals surface area contributed by atoms with Gasteiger partial charge in [0.15, 0.2) is 40.2 Å². The highest BCUT2D eigenvalue weighted by Crippen LogP contribution is 2.45. The van der Waals surface area contributed by atoms with E-state index in [2.05, 4.69) is 111 Å². The van der Waals surface area contributed by atoms with Crippen LogP contribution in [0.15, 0.2) is 146 Å². The second kappa shape index (κ2) is 26.5. The van der Waals surface area contributed by atoms with E-state index in [4.69, 9.17) is 24.9 Å². The summed E-state index contributed by atoms with van der Waals surface area (Å²) in [5, 5.41) is 42.8. The number of phenolic OH excluding ortho intramolecular Hbond substituents is 2. The van der Waals surface area contributed by atoms with E-state index in [9.17, 15) is 24.9 Å². The number of carboxylic acid groups (broad SMARTS) is 1. The summed E-state index contributed by atoms with van der Waals surface area (Å²) >= 11 is 21.1. The highest BCUT2D eigenvalue weighted by atomic mass is 79.9. The van der Waals surface area contributed by atoms with Crippen LogP contribution in [0, 0.1) is 0 Å². The molecular formula is C48H41Br6ClN4O9. The molecule has 0 atom stereocenters. The lowest BCUT2D eigenvalue weighted by Crippen LogP contribution is -2.34. The minimum absolute atomic E-state index is 0. The van der Waals surface area contributed by atoms with Crippen molar-refractivity contribution >= 4 is 131 Å². The quantitative estimate of drug-likeness (QED) is 0.0342. The van der Waals surface area contributed by atoms with Gasteiger partial charge in [0.25, 0.3) is 5.91 Å². The SMILES string of the molecule is Cl.NCCc1cc(Br)c(Oc2cc(CCNC(=O)/C(Cc3cc(Br)c(Oc4cc(C/C(=N\OCc5ccccc5)C(=O)O)cc(Br)c4O)c(Br)c3)=N/OCc3ccccc3)cc(Br)c2O)c(Br)c1. The lowest BCUT2D eigenvalue weighted by Gasteiger charge is -2.16. The van der Waals surface area contributed by atoms with Gasteiger partial charge in [-0.3, -0.25) is 4.79 Å². The second-order valence-corrected chi connectivity index (χ2v) is 19.8. The molecule has 0 heterocycles.